The number of imidazole rings is 1. The first-order chi connectivity index (χ1) is 13.0. The molecule has 0 unspecified atom stereocenters. The largest absolute Gasteiger partial charge is 0.364 e. The van der Waals surface area contributed by atoms with Gasteiger partial charge in [-0.25, -0.2) is 9.97 Å². The Balaban J connectivity index is 1.80. The summed E-state index contributed by atoms with van der Waals surface area (Å²) >= 11 is 12.1. The molecule has 0 aliphatic heterocycles. The van der Waals surface area contributed by atoms with Crippen molar-refractivity contribution in [1.29, 1.82) is 0 Å². The van der Waals surface area contributed by atoms with Gasteiger partial charge in [0.2, 0.25) is 0 Å². The second kappa shape index (κ2) is 7.37. The molecule has 27 heavy (non-hydrogen) atoms. The van der Waals surface area contributed by atoms with Crippen molar-refractivity contribution >= 4 is 40.6 Å². The molecule has 1 fully saturated rings. The Kier molecular flexibility index (Phi) is 4.93. The summed E-state index contributed by atoms with van der Waals surface area (Å²) in [6.45, 7) is 0. The van der Waals surface area contributed by atoms with E-state index in [4.69, 9.17) is 33.9 Å². The lowest BCUT2D eigenvalue weighted by molar-refractivity contribution is 0.0994. The molecule has 1 saturated carbocycles. The highest BCUT2D eigenvalue weighted by Crippen LogP contribution is 2.30. The third-order valence-corrected chi connectivity index (χ3v) is 5.65. The maximum absolute atomic E-state index is 11.8. The lowest BCUT2D eigenvalue weighted by Crippen LogP contribution is -2.24. The molecule has 0 saturated heterocycles. The number of anilines is 1. The summed E-state index contributed by atoms with van der Waals surface area (Å²) in [5.74, 6) is 0.0908. The molecule has 3 aromatic rings. The Morgan fingerprint density at radius 2 is 1.96 bits per heavy atom. The van der Waals surface area contributed by atoms with Crippen molar-refractivity contribution in [2.45, 2.75) is 38.1 Å². The fourth-order valence-corrected chi connectivity index (χ4v) is 3.79. The molecule has 1 aromatic carbocycles. The van der Waals surface area contributed by atoms with Gasteiger partial charge >= 0.3 is 0 Å². The highest BCUT2D eigenvalue weighted by molar-refractivity contribution is 6.42. The summed E-state index contributed by atoms with van der Waals surface area (Å²) in [5, 5.41) is 4.40. The zero-order valence-corrected chi connectivity index (χ0v) is 16.1. The molecule has 6 nitrogen and oxygen atoms in total. The van der Waals surface area contributed by atoms with Crippen LogP contribution in [0.4, 0.5) is 5.82 Å². The van der Waals surface area contributed by atoms with Gasteiger partial charge in [0.05, 0.1) is 21.9 Å². The second-order valence-corrected chi connectivity index (χ2v) is 7.60. The highest BCUT2D eigenvalue weighted by Gasteiger charge is 2.19. The van der Waals surface area contributed by atoms with Gasteiger partial charge in [-0.2, -0.15) is 0 Å². The average Bonchev–Trinajstić information content (AvgIpc) is 3.10. The van der Waals surface area contributed by atoms with Crippen molar-refractivity contribution in [2.24, 2.45) is 5.73 Å². The molecule has 4 rings (SSSR count). The summed E-state index contributed by atoms with van der Waals surface area (Å²) < 4.78 is 1.68. The van der Waals surface area contributed by atoms with Crippen LogP contribution < -0.4 is 11.1 Å². The number of rotatable bonds is 4. The minimum absolute atomic E-state index is 0.276. The van der Waals surface area contributed by atoms with Gasteiger partial charge in [0.25, 0.3) is 5.91 Å². The van der Waals surface area contributed by atoms with Crippen molar-refractivity contribution in [1.82, 2.24) is 14.4 Å². The molecule has 140 valence electrons. The molecule has 0 spiro atoms. The lowest BCUT2D eigenvalue weighted by atomic mass is 9.95. The number of primary amides is 1. The zero-order valence-electron chi connectivity index (χ0n) is 14.6. The van der Waals surface area contributed by atoms with E-state index < -0.39 is 5.91 Å². The Bertz CT molecular complexity index is 1010. The summed E-state index contributed by atoms with van der Waals surface area (Å²) in [4.78, 5) is 20.9. The monoisotopic (exact) mass is 403 g/mol. The normalized spacial score (nSPS) is 15.2. The van der Waals surface area contributed by atoms with E-state index in [2.05, 4.69) is 10.3 Å². The van der Waals surface area contributed by atoms with Crippen molar-refractivity contribution < 1.29 is 4.79 Å². The zero-order chi connectivity index (χ0) is 19.0. The van der Waals surface area contributed by atoms with Crippen LogP contribution in [0.15, 0.2) is 30.6 Å². The van der Waals surface area contributed by atoms with E-state index in [1.807, 2.05) is 6.07 Å². The smallest absolute Gasteiger partial charge is 0.267 e. The number of hydrogen-bond acceptors (Lipinski definition) is 4. The van der Waals surface area contributed by atoms with E-state index in [1.165, 1.54) is 25.5 Å². The number of amides is 1. The summed E-state index contributed by atoms with van der Waals surface area (Å²) in [6, 6.07) is 5.66. The van der Waals surface area contributed by atoms with Gasteiger partial charge in [0.15, 0.2) is 11.5 Å². The van der Waals surface area contributed by atoms with Gasteiger partial charge in [-0.1, -0.05) is 48.5 Å². The quantitative estimate of drug-likeness (QED) is 0.668. The van der Waals surface area contributed by atoms with Gasteiger partial charge < -0.3 is 11.1 Å². The fourth-order valence-electron chi connectivity index (χ4n) is 3.50. The molecular weight excluding hydrogens is 385 g/mol. The first-order valence-corrected chi connectivity index (χ1v) is 9.68. The molecule has 3 N–H and O–H groups in total. The molecule has 2 heterocycles. The van der Waals surface area contributed by atoms with E-state index >= 15 is 0 Å². The van der Waals surface area contributed by atoms with E-state index in [1.54, 1.807) is 22.7 Å². The van der Waals surface area contributed by atoms with Crippen LogP contribution in [0.25, 0.3) is 16.9 Å². The summed E-state index contributed by atoms with van der Waals surface area (Å²) in [7, 11) is 0. The standard InChI is InChI=1S/C19H19Cl2N5O/c20-13-7-6-11(8-14(13)21)15-10-26-16(17(22)27)9-23-18(19(26)25-15)24-12-4-2-1-3-5-12/h6-10,12H,1-5H2,(H2,22,27)(H,23,24). The molecule has 2 aromatic heterocycles. The van der Waals surface area contributed by atoms with Crippen LogP contribution in [0.5, 0.6) is 0 Å². The van der Waals surface area contributed by atoms with Gasteiger partial charge in [0.1, 0.15) is 5.69 Å². The number of nitrogens with two attached hydrogens (primary N) is 1. The minimum atomic E-state index is -0.560. The highest BCUT2D eigenvalue weighted by atomic mass is 35.5. The molecule has 1 aliphatic carbocycles. The van der Waals surface area contributed by atoms with E-state index in [9.17, 15) is 4.79 Å². The van der Waals surface area contributed by atoms with Gasteiger partial charge in [-0.05, 0) is 25.0 Å². The van der Waals surface area contributed by atoms with Gasteiger partial charge in [-0.15, -0.1) is 0 Å². The number of benzene rings is 1. The molecule has 0 bridgehead atoms. The van der Waals surface area contributed by atoms with Crippen LogP contribution >= 0.6 is 23.2 Å². The van der Waals surface area contributed by atoms with Crippen molar-refractivity contribution in [3.8, 4) is 11.3 Å². The Morgan fingerprint density at radius 1 is 1.19 bits per heavy atom. The molecule has 1 aliphatic rings. The van der Waals surface area contributed by atoms with Gasteiger partial charge in [-0.3, -0.25) is 9.20 Å². The lowest BCUT2D eigenvalue weighted by Gasteiger charge is -2.23. The Morgan fingerprint density at radius 3 is 2.67 bits per heavy atom. The van der Waals surface area contributed by atoms with Crippen molar-refractivity contribution in [3.63, 3.8) is 0 Å². The van der Waals surface area contributed by atoms with Crippen LogP contribution in [0, 0.1) is 0 Å². The first kappa shape index (κ1) is 18.1. The first-order valence-electron chi connectivity index (χ1n) is 8.93. The number of fused-ring (bicyclic) bond motifs is 1. The van der Waals surface area contributed by atoms with Crippen LogP contribution in [0.2, 0.25) is 10.0 Å². The summed E-state index contributed by atoms with van der Waals surface area (Å²) in [5.41, 5.74) is 7.82. The number of hydrogen-bond donors (Lipinski definition) is 2. The molecule has 1 amide bonds. The number of halogens is 2. The number of carbonyl (C=O) groups excluding carboxylic acids is 1. The van der Waals surface area contributed by atoms with Crippen molar-refractivity contribution in [3.05, 3.63) is 46.3 Å². The number of aromatic nitrogens is 3. The average molecular weight is 404 g/mol. The number of carbonyl (C=O) groups is 1. The van der Waals surface area contributed by atoms with E-state index in [0.717, 1.165) is 18.4 Å². The molecule has 0 radical (unpaired) electrons. The molecular formula is C19H19Cl2N5O. The van der Waals surface area contributed by atoms with Crippen LogP contribution in [0.3, 0.4) is 0 Å². The van der Waals surface area contributed by atoms with Crippen molar-refractivity contribution in [2.75, 3.05) is 5.32 Å². The third kappa shape index (κ3) is 3.59. The predicted molar refractivity (Wildman–Crippen MR) is 107 cm³/mol. The van der Waals surface area contributed by atoms with Crippen LogP contribution in [0.1, 0.15) is 42.6 Å². The topological polar surface area (TPSA) is 85.3 Å². The van der Waals surface area contributed by atoms with Crippen LogP contribution in [-0.4, -0.2) is 26.3 Å². The molecule has 0 atom stereocenters. The number of nitrogens with one attached hydrogen (secondary N) is 1. The fraction of sp³-hybridized carbons (Fsp3) is 0.316. The SMILES string of the molecule is NC(=O)c1cnc(NC2CCCCC2)c2nc(-c3ccc(Cl)c(Cl)c3)cn12. The van der Waals surface area contributed by atoms with E-state index in [-0.39, 0.29) is 5.69 Å². The minimum Gasteiger partial charge on any atom is -0.364 e. The second-order valence-electron chi connectivity index (χ2n) is 6.78. The Hall–Kier alpha value is -2.31. The van der Waals surface area contributed by atoms with Crippen LogP contribution in [-0.2, 0) is 0 Å². The maximum Gasteiger partial charge on any atom is 0.267 e. The predicted octanol–water partition coefficient (Wildman–Crippen LogP) is 4.55. The third-order valence-electron chi connectivity index (χ3n) is 4.91. The van der Waals surface area contributed by atoms with E-state index in [0.29, 0.717) is 33.2 Å². The number of nitrogens with zero attached hydrogens (tertiary/aromatic N) is 3. The van der Waals surface area contributed by atoms with Gasteiger partial charge in [0, 0.05) is 17.8 Å². The maximum atomic E-state index is 11.8. The molecule has 8 heteroatoms. The summed E-state index contributed by atoms with van der Waals surface area (Å²) in [6.07, 6.45) is 9.14. The Labute approximate surface area is 166 Å².